The molecule has 2 saturated heterocycles. The van der Waals surface area contributed by atoms with Gasteiger partial charge in [-0.1, -0.05) is 6.42 Å². The van der Waals surface area contributed by atoms with E-state index in [2.05, 4.69) is 28.5 Å². The van der Waals surface area contributed by atoms with Gasteiger partial charge >= 0.3 is 0 Å². The van der Waals surface area contributed by atoms with Crippen LogP contribution < -0.4 is 5.32 Å². The van der Waals surface area contributed by atoms with E-state index < -0.39 is 0 Å². The molecule has 2 atom stereocenters. The number of hydrogen-bond acceptors (Lipinski definition) is 4. The fourth-order valence-electron chi connectivity index (χ4n) is 3.52. The third-order valence-electron chi connectivity index (χ3n) is 4.79. The molecule has 2 fully saturated rings. The molecule has 2 aromatic heterocycles. The number of amides is 2. The number of thiophene rings is 1. The van der Waals surface area contributed by atoms with E-state index in [0.717, 1.165) is 29.8 Å². The molecule has 2 aliphatic heterocycles. The lowest BCUT2D eigenvalue weighted by molar-refractivity contribution is -0.124. The van der Waals surface area contributed by atoms with Gasteiger partial charge < -0.3 is 10.2 Å². The molecule has 126 valence electrons. The van der Waals surface area contributed by atoms with Crippen molar-refractivity contribution in [2.24, 2.45) is 5.92 Å². The van der Waals surface area contributed by atoms with Crippen LogP contribution in [0.5, 0.6) is 0 Å². The van der Waals surface area contributed by atoms with Crippen LogP contribution in [-0.4, -0.2) is 46.0 Å². The molecular formula is C17H20N4O2S. The van der Waals surface area contributed by atoms with Gasteiger partial charge in [-0.3, -0.25) is 14.7 Å². The third-order valence-corrected chi connectivity index (χ3v) is 5.83. The molecular weight excluding hydrogens is 324 g/mol. The van der Waals surface area contributed by atoms with Crippen molar-refractivity contribution in [1.82, 2.24) is 20.4 Å². The molecule has 0 spiro atoms. The van der Waals surface area contributed by atoms with Crippen LogP contribution in [0.3, 0.4) is 0 Å². The fourth-order valence-corrected chi connectivity index (χ4v) is 4.35. The summed E-state index contributed by atoms with van der Waals surface area (Å²) in [6.45, 7) is 3.11. The Morgan fingerprint density at radius 3 is 3.00 bits per heavy atom. The molecule has 0 unspecified atom stereocenters. The predicted octanol–water partition coefficient (Wildman–Crippen LogP) is 2.19. The van der Waals surface area contributed by atoms with Gasteiger partial charge in [-0.15, -0.1) is 11.3 Å². The Bertz CT molecular complexity index is 781. The zero-order chi connectivity index (χ0) is 16.7. The molecule has 2 N–H and O–H groups in total. The SMILES string of the molecule is Cc1ccc(-c2cc(C(=O)N3C[C@H]4CCC[C@H](C3)C(=O)N4)n[nH]2)s1. The lowest BCUT2D eigenvalue weighted by Crippen LogP contribution is -2.41. The Kier molecular flexibility index (Phi) is 3.88. The number of hydrogen-bond donors (Lipinski definition) is 2. The summed E-state index contributed by atoms with van der Waals surface area (Å²) in [5.41, 5.74) is 1.28. The zero-order valence-corrected chi connectivity index (χ0v) is 14.4. The second-order valence-electron chi connectivity index (χ2n) is 6.62. The number of likely N-dealkylation sites (tertiary alicyclic amines) is 1. The first-order valence-electron chi connectivity index (χ1n) is 8.32. The van der Waals surface area contributed by atoms with Crippen LogP contribution >= 0.6 is 11.3 Å². The minimum atomic E-state index is -0.0980. The molecule has 4 rings (SSSR count). The monoisotopic (exact) mass is 344 g/mol. The van der Waals surface area contributed by atoms with Gasteiger partial charge in [-0.05, 0) is 38.0 Å². The summed E-state index contributed by atoms with van der Waals surface area (Å²) in [5, 5.41) is 10.2. The van der Waals surface area contributed by atoms with Crippen molar-refractivity contribution in [2.45, 2.75) is 32.2 Å². The lowest BCUT2D eigenvalue weighted by Gasteiger charge is -2.26. The van der Waals surface area contributed by atoms with Crippen molar-refractivity contribution in [3.05, 3.63) is 28.8 Å². The highest BCUT2D eigenvalue weighted by atomic mass is 32.1. The normalized spacial score (nSPS) is 23.7. The topological polar surface area (TPSA) is 78.1 Å². The number of aromatic nitrogens is 2. The van der Waals surface area contributed by atoms with Gasteiger partial charge in [0.25, 0.3) is 5.91 Å². The minimum Gasteiger partial charge on any atom is -0.351 e. The second-order valence-corrected chi connectivity index (χ2v) is 7.91. The summed E-state index contributed by atoms with van der Waals surface area (Å²) in [5.74, 6) is -0.108. The number of nitrogens with one attached hydrogen (secondary N) is 2. The number of aryl methyl sites for hydroxylation is 1. The standard InChI is InChI=1S/C17H20N4O2S/c1-10-5-6-15(24-10)13-7-14(20-19-13)17(23)21-8-11-3-2-4-12(9-21)18-16(11)22/h5-7,11-12H,2-4,8-9H2,1H3,(H,18,22)(H,19,20)/t11-,12-/m1/s1. The molecule has 4 heterocycles. The molecule has 2 amide bonds. The van der Waals surface area contributed by atoms with Crippen LogP contribution in [0.2, 0.25) is 0 Å². The first-order chi connectivity index (χ1) is 11.6. The third kappa shape index (κ3) is 2.84. The number of H-pyrrole nitrogens is 1. The maximum atomic E-state index is 12.8. The average molecular weight is 344 g/mol. The van der Waals surface area contributed by atoms with Gasteiger partial charge in [0.2, 0.25) is 5.91 Å². The van der Waals surface area contributed by atoms with Crippen LogP contribution in [0.25, 0.3) is 10.6 Å². The highest BCUT2D eigenvalue weighted by Crippen LogP contribution is 2.27. The molecule has 2 aliphatic rings. The van der Waals surface area contributed by atoms with Gasteiger partial charge in [-0.25, -0.2) is 0 Å². The summed E-state index contributed by atoms with van der Waals surface area (Å²) >= 11 is 1.67. The summed E-state index contributed by atoms with van der Waals surface area (Å²) < 4.78 is 0. The number of carbonyl (C=O) groups is 2. The van der Waals surface area contributed by atoms with Crippen molar-refractivity contribution >= 4 is 23.2 Å². The van der Waals surface area contributed by atoms with E-state index >= 15 is 0 Å². The molecule has 0 radical (unpaired) electrons. The van der Waals surface area contributed by atoms with E-state index in [1.165, 1.54) is 4.88 Å². The minimum absolute atomic E-state index is 0.0623. The molecule has 24 heavy (non-hydrogen) atoms. The van der Waals surface area contributed by atoms with Crippen LogP contribution in [0.1, 0.15) is 34.6 Å². The largest absolute Gasteiger partial charge is 0.351 e. The average Bonchev–Trinajstić information content (AvgIpc) is 3.11. The van der Waals surface area contributed by atoms with Crippen LogP contribution in [0.15, 0.2) is 18.2 Å². The number of rotatable bonds is 2. The van der Waals surface area contributed by atoms with Gasteiger partial charge in [0, 0.05) is 24.0 Å². The van der Waals surface area contributed by atoms with Gasteiger partial charge in [0.05, 0.1) is 16.5 Å². The van der Waals surface area contributed by atoms with E-state index in [4.69, 9.17) is 0 Å². The molecule has 7 heteroatoms. The number of carbonyl (C=O) groups excluding carboxylic acids is 2. The molecule has 0 aromatic carbocycles. The Morgan fingerprint density at radius 2 is 2.21 bits per heavy atom. The highest BCUT2D eigenvalue weighted by Gasteiger charge is 2.35. The van der Waals surface area contributed by atoms with Crippen molar-refractivity contribution in [1.29, 1.82) is 0 Å². The van der Waals surface area contributed by atoms with E-state index in [9.17, 15) is 9.59 Å². The summed E-state index contributed by atoms with van der Waals surface area (Å²) in [4.78, 5) is 29.0. The Hall–Kier alpha value is -2.15. The summed E-state index contributed by atoms with van der Waals surface area (Å²) in [6, 6.07) is 5.95. The van der Waals surface area contributed by atoms with E-state index in [1.807, 2.05) is 12.1 Å². The molecule has 6 nitrogen and oxygen atoms in total. The molecule has 0 aliphatic carbocycles. The van der Waals surface area contributed by atoms with Crippen LogP contribution in [0, 0.1) is 12.8 Å². The summed E-state index contributed by atoms with van der Waals surface area (Å²) in [7, 11) is 0. The van der Waals surface area contributed by atoms with E-state index in [1.54, 1.807) is 16.2 Å². The van der Waals surface area contributed by atoms with Crippen molar-refractivity contribution in [3.8, 4) is 10.6 Å². The lowest BCUT2D eigenvalue weighted by atomic mass is 9.99. The van der Waals surface area contributed by atoms with Gasteiger partial charge in [0.15, 0.2) is 5.69 Å². The zero-order valence-electron chi connectivity index (χ0n) is 13.5. The van der Waals surface area contributed by atoms with Crippen LogP contribution in [0.4, 0.5) is 0 Å². The van der Waals surface area contributed by atoms with Gasteiger partial charge in [0.1, 0.15) is 0 Å². The summed E-state index contributed by atoms with van der Waals surface area (Å²) in [6.07, 6.45) is 2.83. The fraction of sp³-hybridized carbons (Fsp3) is 0.471. The molecule has 0 saturated carbocycles. The van der Waals surface area contributed by atoms with Crippen molar-refractivity contribution in [3.63, 3.8) is 0 Å². The second kappa shape index (κ2) is 6.05. The van der Waals surface area contributed by atoms with E-state index in [-0.39, 0.29) is 23.8 Å². The first-order valence-corrected chi connectivity index (χ1v) is 9.13. The van der Waals surface area contributed by atoms with Crippen molar-refractivity contribution < 1.29 is 9.59 Å². The Morgan fingerprint density at radius 1 is 1.33 bits per heavy atom. The maximum absolute atomic E-state index is 12.8. The van der Waals surface area contributed by atoms with E-state index in [0.29, 0.717) is 18.8 Å². The Balaban J connectivity index is 1.55. The number of fused-ring (bicyclic) bond motifs is 3. The molecule has 2 aromatic rings. The smallest absolute Gasteiger partial charge is 0.274 e. The highest BCUT2D eigenvalue weighted by molar-refractivity contribution is 7.15. The number of aromatic amines is 1. The van der Waals surface area contributed by atoms with Crippen LogP contribution in [-0.2, 0) is 4.79 Å². The van der Waals surface area contributed by atoms with Gasteiger partial charge in [-0.2, -0.15) is 5.10 Å². The molecule has 2 bridgehead atoms. The Labute approximate surface area is 144 Å². The first kappa shape index (κ1) is 15.4. The van der Waals surface area contributed by atoms with Crippen molar-refractivity contribution in [2.75, 3.05) is 13.1 Å². The maximum Gasteiger partial charge on any atom is 0.274 e. The quantitative estimate of drug-likeness (QED) is 0.876. The number of nitrogens with zero attached hydrogens (tertiary/aromatic N) is 2. The predicted molar refractivity (Wildman–Crippen MR) is 91.8 cm³/mol.